The van der Waals surface area contributed by atoms with Crippen molar-refractivity contribution in [2.75, 3.05) is 19.8 Å². The molecule has 1 N–H and O–H groups in total. The van der Waals surface area contributed by atoms with Gasteiger partial charge in [-0.3, -0.25) is 4.79 Å². The average Bonchev–Trinajstić information content (AvgIpc) is 3.13. The van der Waals surface area contributed by atoms with Crippen molar-refractivity contribution >= 4 is 27.3 Å². The predicted octanol–water partition coefficient (Wildman–Crippen LogP) is 2.71. The average molecular weight is 305 g/mol. The summed E-state index contributed by atoms with van der Waals surface area (Å²) >= 11 is 1.71. The normalized spacial score (nSPS) is 18.2. The van der Waals surface area contributed by atoms with Gasteiger partial charge in [0.15, 0.2) is 0 Å². The summed E-state index contributed by atoms with van der Waals surface area (Å²) in [4.78, 5) is 12.9. The Morgan fingerprint density at radius 2 is 2.33 bits per heavy atom. The van der Waals surface area contributed by atoms with Crippen LogP contribution in [0.3, 0.4) is 0 Å². The van der Waals surface area contributed by atoms with E-state index in [0.717, 1.165) is 24.3 Å². The predicted molar refractivity (Wildman–Crippen MR) is 83.5 cm³/mol. The lowest BCUT2D eigenvalue weighted by Crippen LogP contribution is -2.28. The number of amides is 1. The quantitative estimate of drug-likeness (QED) is 0.892. The Morgan fingerprint density at radius 3 is 3.14 bits per heavy atom. The number of hydrogen-bond acceptors (Lipinski definition) is 4. The Morgan fingerprint density at radius 1 is 1.43 bits per heavy atom. The standard InChI is InChI=1S/C16H19NO3S/c18-16(11-19-10-13-5-3-7-20-13)17-9-14-8-12-4-1-2-6-15(12)21-14/h1-2,4,6,8,13H,3,5,7,9-11H2,(H,17,18). The van der Waals surface area contributed by atoms with Crippen LogP contribution in [0.1, 0.15) is 17.7 Å². The van der Waals surface area contributed by atoms with Crippen LogP contribution in [0.15, 0.2) is 30.3 Å². The smallest absolute Gasteiger partial charge is 0.246 e. The minimum Gasteiger partial charge on any atom is -0.376 e. The highest BCUT2D eigenvalue weighted by Crippen LogP contribution is 2.24. The van der Waals surface area contributed by atoms with Crippen LogP contribution in [0.4, 0.5) is 0 Å². The largest absolute Gasteiger partial charge is 0.376 e. The lowest BCUT2D eigenvalue weighted by atomic mass is 10.2. The first kappa shape index (κ1) is 14.5. The van der Waals surface area contributed by atoms with Crippen LogP contribution in [-0.2, 0) is 20.8 Å². The molecule has 1 saturated heterocycles. The Kier molecular flexibility index (Phi) is 4.85. The second kappa shape index (κ2) is 7.02. The van der Waals surface area contributed by atoms with Gasteiger partial charge in [0.2, 0.25) is 5.91 Å². The van der Waals surface area contributed by atoms with Crippen LogP contribution < -0.4 is 5.32 Å². The van der Waals surface area contributed by atoms with Gasteiger partial charge in [0.25, 0.3) is 0 Å². The van der Waals surface area contributed by atoms with E-state index in [9.17, 15) is 4.79 Å². The first-order valence-electron chi connectivity index (χ1n) is 7.25. The van der Waals surface area contributed by atoms with Crippen molar-refractivity contribution in [3.05, 3.63) is 35.2 Å². The van der Waals surface area contributed by atoms with E-state index in [2.05, 4.69) is 23.5 Å². The van der Waals surface area contributed by atoms with Crippen molar-refractivity contribution in [1.82, 2.24) is 5.32 Å². The maximum atomic E-state index is 11.7. The second-order valence-electron chi connectivity index (χ2n) is 5.18. The molecule has 2 aromatic rings. The van der Waals surface area contributed by atoms with Crippen molar-refractivity contribution in [3.8, 4) is 0 Å². The van der Waals surface area contributed by atoms with Crippen LogP contribution in [-0.4, -0.2) is 31.8 Å². The molecule has 0 saturated carbocycles. The number of rotatable bonds is 6. The molecule has 0 bridgehead atoms. The van der Waals surface area contributed by atoms with Crippen molar-refractivity contribution in [2.45, 2.75) is 25.5 Å². The van der Waals surface area contributed by atoms with Crippen molar-refractivity contribution in [1.29, 1.82) is 0 Å². The van der Waals surface area contributed by atoms with E-state index in [1.165, 1.54) is 10.1 Å². The van der Waals surface area contributed by atoms with Gasteiger partial charge in [-0.15, -0.1) is 11.3 Å². The molecule has 1 aliphatic rings. The fourth-order valence-corrected chi connectivity index (χ4v) is 3.42. The summed E-state index contributed by atoms with van der Waals surface area (Å²) < 4.78 is 12.1. The van der Waals surface area contributed by atoms with Gasteiger partial charge < -0.3 is 14.8 Å². The molecule has 1 aliphatic heterocycles. The summed E-state index contributed by atoms with van der Waals surface area (Å²) in [5.74, 6) is -0.0783. The SMILES string of the molecule is O=C(COCC1CCCO1)NCc1cc2ccccc2s1. The van der Waals surface area contributed by atoms with Gasteiger partial charge in [-0.2, -0.15) is 0 Å². The van der Waals surface area contributed by atoms with E-state index in [1.54, 1.807) is 11.3 Å². The number of thiophene rings is 1. The Labute approximate surface area is 128 Å². The minimum absolute atomic E-state index is 0.0783. The lowest BCUT2D eigenvalue weighted by molar-refractivity contribution is -0.126. The van der Waals surface area contributed by atoms with Crippen LogP contribution in [0.2, 0.25) is 0 Å². The van der Waals surface area contributed by atoms with Gasteiger partial charge in [0.1, 0.15) is 6.61 Å². The van der Waals surface area contributed by atoms with Crippen LogP contribution in [0, 0.1) is 0 Å². The van der Waals surface area contributed by atoms with Gasteiger partial charge >= 0.3 is 0 Å². The summed E-state index contributed by atoms with van der Waals surface area (Å²) in [6, 6.07) is 10.3. The maximum Gasteiger partial charge on any atom is 0.246 e. The first-order chi connectivity index (χ1) is 10.3. The van der Waals surface area contributed by atoms with Crippen LogP contribution in [0.5, 0.6) is 0 Å². The fourth-order valence-electron chi connectivity index (χ4n) is 2.42. The molecule has 0 radical (unpaired) electrons. The molecule has 1 unspecified atom stereocenters. The molecule has 1 amide bonds. The molecule has 2 heterocycles. The summed E-state index contributed by atoms with van der Waals surface area (Å²) in [6.45, 7) is 1.98. The van der Waals surface area contributed by atoms with Gasteiger partial charge in [-0.25, -0.2) is 0 Å². The highest BCUT2D eigenvalue weighted by Gasteiger charge is 2.15. The molecule has 0 aliphatic carbocycles. The first-order valence-corrected chi connectivity index (χ1v) is 8.06. The van der Waals surface area contributed by atoms with E-state index >= 15 is 0 Å². The summed E-state index contributed by atoms with van der Waals surface area (Å²) in [6.07, 6.45) is 2.29. The number of carbonyl (C=O) groups excluding carboxylic acids is 1. The third-order valence-corrected chi connectivity index (χ3v) is 4.61. The molecular weight excluding hydrogens is 286 g/mol. The van der Waals surface area contributed by atoms with Gasteiger partial charge in [-0.05, 0) is 30.4 Å². The van der Waals surface area contributed by atoms with Gasteiger partial charge in [-0.1, -0.05) is 18.2 Å². The van der Waals surface area contributed by atoms with E-state index in [1.807, 2.05) is 12.1 Å². The molecule has 21 heavy (non-hydrogen) atoms. The Balaban J connectivity index is 1.40. The second-order valence-corrected chi connectivity index (χ2v) is 6.35. The highest BCUT2D eigenvalue weighted by molar-refractivity contribution is 7.19. The zero-order chi connectivity index (χ0) is 14.5. The highest BCUT2D eigenvalue weighted by atomic mass is 32.1. The zero-order valence-electron chi connectivity index (χ0n) is 11.8. The fraction of sp³-hybridized carbons (Fsp3) is 0.438. The molecule has 3 rings (SSSR count). The van der Waals surface area contributed by atoms with Crippen LogP contribution >= 0.6 is 11.3 Å². The lowest BCUT2D eigenvalue weighted by Gasteiger charge is -2.09. The van der Waals surface area contributed by atoms with Gasteiger partial charge in [0, 0.05) is 16.2 Å². The number of nitrogens with one attached hydrogen (secondary N) is 1. The Bertz CT molecular complexity index is 571. The molecule has 0 spiro atoms. The molecule has 5 heteroatoms. The van der Waals surface area contributed by atoms with E-state index < -0.39 is 0 Å². The molecule has 1 atom stereocenters. The van der Waals surface area contributed by atoms with Crippen molar-refractivity contribution < 1.29 is 14.3 Å². The zero-order valence-corrected chi connectivity index (χ0v) is 12.7. The maximum absolute atomic E-state index is 11.7. The number of fused-ring (bicyclic) bond motifs is 1. The van der Waals surface area contributed by atoms with E-state index in [0.29, 0.717) is 13.2 Å². The molecular formula is C16H19NO3S. The van der Waals surface area contributed by atoms with Crippen LogP contribution in [0.25, 0.3) is 10.1 Å². The Hall–Kier alpha value is -1.43. The van der Waals surface area contributed by atoms with Crippen molar-refractivity contribution in [3.63, 3.8) is 0 Å². The molecule has 112 valence electrons. The number of ether oxygens (including phenoxy) is 2. The molecule has 1 aromatic carbocycles. The summed E-state index contributed by atoms with van der Waals surface area (Å²) in [5.41, 5.74) is 0. The molecule has 1 fully saturated rings. The third-order valence-electron chi connectivity index (χ3n) is 3.50. The number of hydrogen-bond donors (Lipinski definition) is 1. The topological polar surface area (TPSA) is 47.6 Å². The number of benzene rings is 1. The van der Waals surface area contributed by atoms with E-state index in [4.69, 9.17) is 9.47 Å². The van der Waals surface area contributed by atoms with E-state index in [-0.39, 0.29) is 18.6 Å². The monoisotopic (exact) mass is 305 g/mol. The summed E-state index contributed by atoms with van der Waals surface area (Å²) in [5, 5.41) is 4.11. The molecule has 1 aromatic heterocycles. The minimum atomic E-state index is -0.0783. The van der Waals surface area contributed by atoms with Gasteiger partial charge in [0.05, 0.1) is 19.3 Å². The van der Waals surface area contributed by atoms with Crippen molar-refractivity contribution in [2.24, 2.45) is 0 Å². The molecule has 4 nitrogen and oxygen atoms in total. The summed E-state index contributed by atoms with van der Waals surface area (Å²) in [7, 11) is 0. The number of carbonyl (C=O) groups is 1. The third kappa shape index (κ3) is 4.03.